The zero-order chi connectivity index (χ0) is 14.0. The predicted octanol–water partition coefficient (Wildman–Crippen LogP) is 3.04. The van der Waals surface area contributed by atoms with Gasteiger partial charge in [0.05, 0.1) is 5.38 Å². The van der Waals surface area contributed by atoms with E-state index in [9.17, 15) is 4.79 Å². The first-order valence-electron chi connectivity index (χ1n) is 6.27. The molecule has 4 heteroatoms. The van der Waals surface area contributed by atoms with Crippen molar-refractivity contribution in [3.05, 3.63) is 23.0 Å². The van der Waals surface area contributed by atoms with Crippen LogP contribution in [0, 0.1) is 13.8 Å². The highest BCUT2D eigenvalue weighted by atomic mass is 35.5. The lowest BCUT2D eigenvalue weighted by molar-refractivity contribution is 0.0991. The van der Waals surface area contributed by atoms with Crippen molar-refractivity contribution in [2.24, 2.45) is 0 Å². The standard InChI is InChI=1S/C14H23ClN2O/c1-9-7-13(14(18)11(3)15)12(4)17(9)10(2)8-16(5)6/h7,10-11H,8H2,1-6H3. The molecule has 0 saturated carbocycles. The van der Waals surface area contributed by atoms with Crippen molar-refractivity contribution in [3.63, 3.8) is 0 Å². The molecule has 102 valence electrons. The molecule has 0 bridgehead atoms. The van der Waals surface area contributed by atoms with Gasteiger partial charge in [-0.3, -0.25) is 4.79 Å². The summed E-state index contributed by atoms with van der Waals surface area (Å²) >= 11 is 5.89. The number of Topliss-reactive ketones (excluding diaryl/α,β-unsaturated/α-hetero) is 1. The summed E-state index contributed by atoms with van der Waals surface area (Å²) in [5, 5.41) is -0.469. The molecule has 0 spiro atoms. The Kier molecular flexibility index (Phi) is 5.00. The van der Waals surface area contributed by atoms with Gasteiger partial charge in [-0.2, -0.15) is 0 Å². The van der Waals surface area contributed by atoms with Crippen LogP contribution in [0.5, 0.6) is 0 Å². The summed E-state index contributed by atoms with van der Waals surface area (Å²) in [5.74, 6) is 0.00747. The third-order valence-electron chi connectivity index (χ3n) is 3.18. The van der Waals surface area contributed by atoms with Crippen molar-refractivity contribution in [2.45, 2.75) is 39.1 Å². The van der Waals surface area contributed by atoms with E-state index < -0.39 is 5.38 Å². The molecule has 2 atom stereocenters. The maximum absolute atomic E-state index is 12.0. The fraction of sp³-hybridized carbons (Fsp3) is 0.643. The molecule has 18 heavy (non-hydrogen) atoms. The molecule has 3 nitrogen and oxygen atoms in total. The first-order valence-corrected chi connectivity index (χ1v) is 6.70. The van der Waals surface area contributed by atoms with Gasteiger partial charge in [-0.25, -0.2) is 0 Å². The Morgan fingerprint density at radius 3 is 2.39 bits per heavy atom. The molecule has 1 rings (SSSR count). The van der Waals surface area contributed by atoms with Crippen molar-refractivity contribution in [3.8, 4) is 0 Å². The van der Waals surface area contributed by atoms with E-state index in [4.69, 9.17) is 11.6 Å². The minimum Gasteiger partial charge on any atom is -0.344 e. The third-order valence-corrected chi connectivity index (χ3v) is 3.38. The molecule has 0 fully saturated rings. The number of carbonyl (C=O) groups excluding carboxylic acids is 1. The Balaban J connectivity index is 3.12. The number of rotatable bonds is 5. The van der Waals surface area contributed by atoms with Crippen molar-refractivity contribution in [2.75, 3.05) is 20.6 Å². The van der Waals surface area contributed by atoms with Crippen LogP contribution in [0.25, 0.3) is 0 Å². The number of hydrogen-bond donors (Lipinski definition) is 0. The largest absolute Gasteiger partial charge is 0.344 e. The minimum atomic E-state index is -0.469. The van der Waals surface area contributed by atoms with Gasteiger partial charge in [0.25, 0.3) is 0 Å². The average Bonchev–Trinajstić information content (AvgIpc) is 2.51. The minimum absolute atomic E-state index is 0.00747. The van der Waals surface area contributed by atoms with Crippen molar-refractivity contribution >= 4 is 17.4 Å². The number of likely N-dealkylation sites (N-methyl/N-ethyl adjacent to an activating group) is 1. The van der Waals surface area contributed by atoms with Crippen LogP contribution in [0.2, 0.25) is 0 Å². The Labute approximate surface area is 115 Å². The van der Waals surface area contributed by atoms with E-state index in [1.54, 1.807) is 6.92 Å². The van der Waals surface area contributed by atoms with Gasteiger partial charge in [0, 0.05) is 29.5 Å². The van der Waals surface area contributed by atoms with Gasteiger partial charge in [-0.1, -0.05) is 0 Å². The summed E-state index contributed by atoms with van der Waals surface area (Å²) < 4.78 is 2.21. The summed E-state index contributed by atoms with van der Waals surface area (Å²) in [6, 6.07) is 2.29. The number of ketones is 1. The molecule has 0 N–H and O–H groups in total. The third kappa shape index (κ3) is 3.15. The van der Waals surface area contributed by atoms with E-state index in [1.807, 2.05) is 19.9 Å². The fourth-order valence-corrected chi connectivity index (χ4v) is 2.65. The normalized spacial score (nSPS) is 14.9. The van der Waals surface area contributed by atoms with E-state index in [2.05, 4.69) is 30.5 Å². The molecule has 2 unspecified atom stereocenters. The Hall–Kier alpha value is -0.800. The number of nitrogens with zero attached hydrogens (tertiary/aromatic N) is 2. The molecule has 0 amide bonds. The van der Waals surface area contributed by atoms with Crippen LogP contribution in [-0.4, -0.2) is 41.3 Å². The topological polar surface area (TPSA) is 25.2 Å². The van der Waals surface area contributed by atoms with Gasteiger partial charge < -0.3 is 9.47 Å². The van der Waals surface area contributed by atoms with Gasteiger partial charge in [0.15, 0.2) is 5.78 Å². The fourth-order valence-electron chi connectivity index (χ4n) is 2.53. The predicted molar refractivity (Wildman–Crippen MR) is 76.8 cm³/mol. The van der Waals surface area contributed by atoms with Gasteiger partial charge in [-0.05, 0) is 47.9 Å². The molecule has 1 aromatic heterocycles. The monoisotopic (exact) mass is 270 g/mol. The zero-order valence-corrected chi connectivity index (χ0v) is 12.9. The Bertz CT molecular complexity index is 435. The second-order valence-electron chi connectivity index (χ2n) is 5.25. The molecular weight excluding hydrogens is 248 g/mol. The lowest BCUT2D eigenvalue weighted by Gasteiger charge is -2.22. The van der Waals surface area contributed by atoms with Crippen molar-refractivity contribution < 1.29 is 4.79 Å². The second-order valence-corrected chi connectivity index (χ2v) is 5.90. The van der Waals surface area contributed by atoms with Crippen LogP contribution in [-0.2, 0) is 0 Å². The van der Waals surface area contributed by atoms with Crippen molar-refractivity contribution in [1.29, 1.82) is 0 Å². The lowest BCUT2D eigenvalue weighted by Crippen LogP contribution is -2.24. The number of carbonyl (C=O) groups is 1. The van der Waals surface area contributed by atoms with Crippen LogP contribution >= 0.6 is 11.6 Å². The van der Waals surface area contributed by atoms with E-state index in [1.165, 1.54) is 0 Å². The quantitative estimate of drug-likeness (QED) is 0.607. The summed E-state index contributed by atoms with van der Waals surface area (Å²) in [7, 11) is 4.11. The van der Waals surface area contributed by atoms with Gasteiger partial charge >= 0.3 is 0 Å². The highest BCUT2D eigenvalue weighted by Gasteiger charge is 2.21. The second kappa shape index (κ2) is 5.89. The molecule has 0 aliphatic rings. The molecule has 1 aromatic rings. The van der Waals surface area contributed by atoms with Gasteiger partial charge in [0.2, 0.25) is 0 Å². The van der Waals surface area contributed by atoms with Crippen LogP contribution < -0.4 is 0 Å². The highest BCUT2D eigenvalue weighted by molar-refractivity contribution is 6.33. The van der Waals surface area contributed by atoms with E-state index in [0.29, 0.717) is 6.04 Å². The van der Waals surface area contributed by atoms with Crippen molar-refractivity contribution in [1.82, 2.24) is 9.47 Å². The summed E-state index contributed by atoms with van der Waals surface area (Å²) in [6.07, 6.45) is 0. The maximum Gasteiger partial charge on any atom is 0.182 e. The number of hydrogen-bond acceptors (Lipinski definition) is 2. The molecule has 1 heterocycles. The van der Waals surface area contributed by atoms with E-state index >= 15 is 0 Å². The number of aryl methyl sites for hydroxylation is 1. The summed E-state index contributed by atoms with van der Waals surface area (Å²) in [6.45, 7) is 8.86. The molecule has 0 saturated heterocycles. The smallest absolute Gasteiger partial charge is 0.182 e. The average molecular weight is 271 g/mol. The van der Waals surface area contributed by atoms with E-state index in [-0.39, 0.29) is 5.78 Å². The summed E-state index contributed by atoms with van der Waals surface area (Å²) in [5.41, 5.74) is 2.88. The molecular formula is C14H23ClN2O. The zero-order valence-electron chi connectivity index (χ0n) is 12.1. The molecule has 0 aliphatic carbocycles. The molecule has 0 aliphatic heterocycles. The van der Waals surface area contributed by atoms with Gasteiger partial charge in [-0.15, -0.1) is 11.6 Å². The number of alkyl halides is 1. The Morgan fingerprint density at radius 1 is 1.39 bits per heavy atom. The lowest BCUT2D eigenvalue weighted by atomic mass is 10.1. The first kappa shape index (κ1) is 15.3. The maximum atomic E-state index is 12.0. The van der Waals surface area contributed by atoms with Crippen LogP contribution in [0.3, 0.4) is 0 Å². The van der Waals surface area contributed by atoms with Crippen LogP contribution in [0.1, 0.15) is 41.6 Å². The highest BCUT2D eigenvalue weighted by Crippen LogP contribution is 2.22. The van der Waals surface area contributed by atoms with Gasteiger partial charge in [0.1, 0.15) is 0 Å². The Morgan fingerprint density at radius 2 is 1.94 bits per heavy atom. The SMILES string of the molecule is Cc1cc(C(=O)C(C)Cl)c(C)n1C(C)CN(C)C. The number of aromatic nitrogens is 1. The van der Waals surface area contributed by atoms with E-state index in [0.717, 1.165) is 23.5 Å². The number of halogens is 1. The first-order chi connectivity index (χ1) is 8.25. The molecule has 0 aromatic carbocycles. The summed E-state index contributed by atoms with van der Waals surface area (Å²) in [4.78, 5) is 14.2. The van der Waals surface area contributed by atoms with Crippen LogP contribution in [0.4, 0.5) is 0 Å². The van der Waals surface area contributed by atoms with Crippen LogP contribution in [0.15, 0.2) is 6.07 Å². The molecule has 0 radical (unpaired) electrons.